The lowest BCUT2D eigenvalue weighted by Crippen LogP contribution is -2.15. The maximum Gasteiger partial charge on any atom is 0.231 e. The van der Waals surface area contributed by atoms with Crippen LogP contribution in [0.5, 0.6) is 0 Å². The van der Waals surface area contributed by atoms with Gasteiger partial charge in [0.25, 0.3) is 0 Å². The number of nitrogens with one attached hydrogen (secondary N) is 1. The molecule has 1 amide bonds. The Morgan fingerprint density at radius 3 is 2.88 bits per heavy atom. The predicted molar refractivity (Wildman–Crippen MR) is 97.1 cm³/mol. The molecular weight excluding hydrogens is 360 g/mol. The van der Waals surface area contributed by atoms with Gasteiger partial charge in [-0.05, 0) is 19.1 Å². The Bertz CT molecular complexity index is 1050. The predicted octanol–water partition coefficient (Wildman–Crippen LogP) is 4.19. The van der Waals surface area contributed by atoms with Crippen LogP contribution in [-0.4, -0.2) is 20.4 Å². The van der Waals surface area contributed by atoms with Crippen LogP contribution in [-0.2, 0) is 11.2 Å². The summed E-state index contributed by atoms with van der Waals surface area (Å²) in [5, 5.41) is 9.10. The number of hydrogen-bond acceptors (Lipinski definition) is 5. The zero-order valence-corrected chi connectivity index (χ0v) is 14.8. The lowest BCUT2D eigenvalue weighted by molar-refractivity contribution is -0.115. The number of thiazole rings is 1. The van der Waals surface area contributed by atoms with Gasteiger partial charge in [0.05, 0.1) is 12.1 Å². The molecule has 0 aliphatic rings. The lowest BCUT2D eigenvalue weighted by Gasteiger charge is -2.00. The Kier molecular flexibility index (Phi) is 4.03. The van der Waals surface area contributed by atoms with Crippen LogP contribution < -0.4 is 5.32 Å². The maximum absolute atomic E-state index is 12.2. The minimum Gasteiger partial charge on any atom is -0.360 e. The van der Waals surface area contributed by atoms with Gasteiger partial charge in [0.2, 0.25) is 5.91 Å². The molecule has 0 saturated heterocycles. The van der Waals surface area contributed by atoms with E-state index in [1.807, 2.05) is 40.2 Å². The topological polar surface area (TPSA) is 72.4 Å². The van der Waals surface area contributed by atoms with Crippen molar-refractivity contribution in [2.75, 3.05) is 5.32 Å². The molecule has 0 bridgehead atoms. The van der Waals surface area contributed by atoms with Crippen molar-refractivity contribution < 1.29 is 9.32 Å². The lowest BCUT2D eigenvalue weighted by atomic mass is 10.2. The zero-order chi connectivity index (χ0) is 17.4. The molecule has 0 atom stereocenters. The van der Waals surface area contributed by atoms with E-state index in [4.69, 9.17) is 16.1 Å². The Balaban J connectivity index is 1.56. The summed E-state index contributed by atoms with van der Waals surface area (Å²) in [5.41, 5.74) is 2.69. The number of carbonyl (C=O) groups is 1. The van der Waals surface area contributed by atoms with Crippen molar-refractivity contribution in [3.8, 4) is 11.3 Å². The van der Waals surface area contributed by atoms with Gasteiger partial charge in [0.15, 0.2) is 10.8 Å². The van der Waals surface area contributed by atoms with Crippen LogP contribution in [0.4, 0.5) is 5.82 Å². The second kappa shape index (κ2) is 6.34. The van der Waals surface area contributed by atoms with Gasteiger partial charge in [0.1, 0.15) is 5.76 Å². The first-order valence-corrected chi connectivity index (χ1v) is 8.79. The molecule has 3 heterocycles. The first-order valence-electron chi connectivity index (χ1n) is 7.53. The normalized spacial score (nSPS) is 11.1. The Morgan fingerprint density at radius 2 is 2.16 bits per heavy atom. The molecule has 0 fully saturated rings. The molecule has 0 aliphatic carbocycles. The maximum atomic E-state index is 12.2. The van der Waals surface area contributed by atoms with Crippen molar-refractivity contribution in [1.29, 1.82) is 0 Å². The second-order valence-corrected chi connectivity index (χ2v) is 6.83. The van der Waals surface area contributed by atoms with Crippen LogP contribution in [0.3, 0.4) is 0 Å². The molecule has 4 rings (SSSR count). The van der Waals surface area contributed by atoms with E-state index in [-0.39, 0.29) is 12.3 Å². The van der Waals surface area contributed by atoms with E-state index in [0.717, 1.165) is 21.9 Å². The molecule has 4 aromatic rings. The second-order valence-electron chi connectivity index (χ2n) is 5.56. The number of aryl methyl sites for hydroxylation is 1. The average Bonchev–Trinajstić information content (AvgIpc) is 3.26. The third kappa shape index (κ3) is 3.29. The Morgan fingerprint density at radius 1 is 1.36 bits per heavy atom. The molecule has 25 heavy (non-hydrogen) atoms. The Hall–Kier alpha value is -2.64. The zero-order valence-electron chi connectivity index (χ0n) is 13.2. The highest BCUT2D eigenvalue weighted by atomic mass is 35.5. The summed E-state index contributed by atoms with van der Waals surface area (Å²) in [6, 6.07) is 9.19. The van der Waals surface area contributed by atoms with Crippen molar-refractivity contribution >= 4 is 39.6 Å². The fourth-order valence-electron chi connectivity index (χ4n) is 2.49. The molecule has 1 aromatic carbocycles. The highest BCUT2D eigenvalue weighted by molar-refractivity contribution is 7.15. The van der Waals surface area contributed by atoms with Gasteiger partial charge >= 0.3 is 0 Å². The van der Waals surface area contributed by atoms with E-state index in [9.17, 15) is 4.79 Å². The van der Waals surface area contributed by atoms with E-state index < -0.39 is 0 Å². The van der Waals surface area contributed by atoms with Gasteiger partial charge in [-0.3, -0.25) is 9.20 Å². The first-order chi connectivity index (χ1) is 12.1. The van der Waals surface area contributed by atoms with Crippen LogP contribution in [0.1, 0.15) is 11.5 Å². The van der Waals surface area contributed by atoms with Crippen LogP contribution in [0.25, 0.3) is 16.2 Å². The molecule has 8 heteroatoms. The quantitative estimate of drug-likeness (QED) is 0.583. The van der Waals surface area contributed by atoms with Crippen LogP contribution >= 0.6 is 22.9 Å². The molecule has 6 nitrogen and oxygen atoms in total. The molecule has 0 spiro atoms. The molecule has 0 unspecified atom stereocenters. The van der Waals surface area contributed by atoms with Gasteiger partial charge < -0.3 is 9.84 Å². The van der Waals surface area contributed by atoms with E-state index in [1.165, 1.54) is 11.3 Å². The number of fused-ring (bicyclic) bond motifs is 1. The smallest absolute Gasteiger partial charge is 0.231 e. The molecule has 0 aliphatic heterocycles. The number of hydrogen-bond donors (Lipinski definition) is 1. The molecule has 1 N–H and O–H groups in total. The molecular formula is C17H13ClN4O2S. The van der Waals surface area contributed by atoms with Gasteiger partial charge in [-0.15, -0.1) is 11.3 Å². The summed E-state index contributed by atoms with van der Waals surface area (Å²) in [6.07, 6.45) is 2.15. The number of halogens is 1. The summed E-state index contributed by atoms with van der Waals surface area (Å²) in [7, 11) is 0. The van der Waals surface area contributed by atoms with Gasteiger partial charge in [-0.25, -0.2) is 4.98 Å². The monoisotopic (exact) mass is 372 g/mol. The number of amides is 1. The fourth-order valence-corrected chi connectivity index (χ4v) is 3.49. The van der Waals surface area contributed by atoms with E-state index in [2.05, 4.69) is 15.5 Å². The number of aromatic nitrogens is 3. The minimum atomic E-state index is -0.158. The molecule has 0 radical (unpaired) electrons. The first kappa shape index (κ1) is 15.9. The van der Waals surface area contributed by atoms with E-state index in [0.29, 0.717) is 16.6 Å². The van der Waals surface area contributed by atoms with E-state index >= 15 is 0 Å². The largest absolute Gasteiger partial charge is 0.360 e. The number of imidazole rings is 1. The SMILES string of the molecule is Cc1cc(NC(=O)Cc2csc3nc(-c4ccc(Cl)cc4)cn23)no1. The summed E-state index contributed by atoms with van der Waals surface area (Å²) < 4.78 is 6.88. The average molecular weight is 373 g/mol. The van der Waals surface area contributed by atoms with Gasteiger partial charge in [0, 0.05) is 33.9 Å². The van der Waals surface area contributed by atoms with Crippen LogP contribution in [0.2, 0.25) is 5.02 Å². The third-order valence-electron chi connectivity index (χ3n) is 3.66. The van der Waals surface area contributed by atoms with Gasteiger partial charge in [-0.1, -0.05) is 28.9 Å². The number of nitrogens with zero attached hydrogens (tertiary/aromatic N) is 3. The summed E-state index contributed by atoms with van der Waals surface area (Å²) >= 11 is 7.42. The summed E-state index contributed by atoms with van der Waals surface area (Å²) in [4.78, 5) is 17.7. The molecule has 0 saturated carbocycles. The number of anilines is 1. The third-order valence-corrected chi connectivity index (χ3v) is 4.80. The van der Waals surface area contributed by atoms with Crippen molar-refractivity contribution in [3.63, 3.8) is 0 Å². The minimum absolute atomic E-state index is 0.158. The van der Waals surface area contributed by atoms with Crippen LogP contribution in [0.15, 0.2) is 46.4 Å². The van der Waals surface area contributed by atoms with Crippen molar-refractivity contribution in [2.24, 2.45) is 0 Å². The van der Waals surface area contributed by atoms with Crippen molar-refractivity contribution in [1.82, 2.24) is 14.5 Å². The standard InChI is InChI=1S/C17H13ClN4O2S/c1-10-6-15(21-24-10)20-16(23)7-13-9-25-17-19-14(8-22(13)17)11-2-4-12(18)5-3-11/h2-6,8-9H,7H2,1H3,(H,20,21,23). The van der Waals surface area contributed by atoms with E-state index in [1.54, 1.807) is 13.0 Å². The molecule has 3 aromatic heterocycles. The van der Waals surface area contributed by atoms with Crippen LogP contribution in [0, 0.1) is 6.92 Å². The number of benzene rings is 1. The molecule has 126 valence electrons. The highest BCUT2D eigenvalue weighted by Crippen LogP contribution is 2.25. The number of carbonyl (C=O) groups excluding carboxylic acids is 1. The Labute approximate surface area is 152 Å². The van der Waals surface area contributed by atoms with Gasteiger partial charge in [-0.2, -0.15) is 0 Å². The summed E-state index contributed by atoms with van der Waals surface area (Å²) in [6.45, 7) is 1.77. The number of rotatable bonds is 4. The summed E-state index contributed by atoms with van der Waals surface area (Å²) in [5.74, 6) is 0.909. The van der Waals surface area contributed by atoms with Crippen molar-refractivity contribution in [3.05, 3.63) is 58.4 Å². The van der Waals surface area contributed by atoms with Crippen molar-refractivity contribution in [2.45, 2.75) is 13.3 Å². The highest BCUT2D eigenvalue weighted by Gasteiger charge is 2.13. The fraction of sp³-hybridized carbons (Fsp3) is 0.118.